The van der Waals surface area contributed by atoms with Crippen molar-refractivity contribution in [3.8, 4) is 0 Å². The summed E-state index contributed by atoms with van der Waals surface area (Å²) in [6, 6.07) is 6.49. The average Bonchev–Trinajstić information content (AvgIpc) is 3.04. The zero-order valence-electron chi connectivity index (χ0n) is 13.5. The third-order valence-electron chi connectivity index (χ3n) is 4.06. The molecule has 1 fully saturated rings. The van der Waals surface area contributed by atoms with Gasteiger partial charge in [0.2, 0.25) is 10.0 Å². The molecule has 0 amide bonds. The van der Waals surface area contributed by atoms with Crippen molar-refractivity contribution in [2.45, 2.75) is 30.7 Å². The summed E-state index contributed by atoms with van der Waals surface area (Å²) in [7, 11) is -2.03. The summed E-state index contributed by atoms with van der Waals surface area (Å²) in [6.07, 6.45) is 1.41. The first-order valence-electron chi connectivity index (χ1n) is 7.72. The molecule has 0 aliphatic carbocycles. The van der Waals surface area contributed by atoms with E-state index in [0.717, 1.165) is 12.5 Å². The van der Waals surface area contributed by atoms with E-state index in [4.69, 9.17) is 0 Å². The molecular formula is C16H19FN4O2S. The Morgan fingerprint density at radius 3 is 2.79 bits per heavy atom. The number of rotatable bonds is 4. The van der Waals surface area contributed by atoms with Crippen molar-refractivity contribution < 1.29 is 12.8 Å². The van der Waals surface area contributed by atoms with E-state index in [1.54, 1.807) is 20.0 Å². The van der Waals surface area contributed by atoms with E-state index in [0.29, 0.717) is 30.3 Å². The quantitative estimate of drug-likeness (QED) is 0.917. The smallest absolute Gasteiger partial charge is 0.243 e. The summed E-state index contributed by atoms with van der Waals surface area (Å²) < 4.78 is 40.7. The molecule has 8 heteroatoms. The van der Waals surface area contributed by atoms with Crippen LogP contribution < -0.4 is 5.32 Å². The number of nitrogens with zero attached hydrogens (tertiary/aromatic N) is 3. The topological polar surface area (TPSA) is 75.2 Å². The van der Waals surface area contributed by atoms with Gasteiger partial charge >= 0.3 is 0 Å². The lowest BCUT2D eigenvalue weighted by Gasteiger charge is -2.24. The van der Waals surface area contributed by atoms with Crippen LogP contribution in [0.5, 0.6) is 0 Å². The van der Waals surface area contributed by atoms with Gasteiger partial charge in [-0.1, -0.05) is 6.07 Å². The maximum atomic E-state index is 13.4. The lowest BCUT2D eigenvalue weighted by molar-refractivity contribution is 0.389. The Kier molecular flexibility index (Phi) is 4.51. The fraction of sp³-hybridized carbons (Fsp3) is 0.375. The fourth-order valence-corrected chi connectivity index (χ4v) is 4.68. The second-order valence-electron chi connectivity index (χ2n) is 5.71. The summed E-state index contributed by atoms with van der Waals surface area (Å²) in [5.41, 5.74) is 0.657. The number of benzene rings is 1. The molecule has 6 nitrogen and oxygen atoms in total. The largest absolute Gasteiger partial charge is 0.373 e. The van der Waals surface area contributed by atoms with Crippen LogP contribution in [0.15, 0.2) is 35.2 Å². The van der Waals surface area contributed by atoms with E-state index < -0.39 is 15.8 Å². The van der Waals surface area contributed by atoms with Gasteiger partial charge in [-0.3, -0.25) is 0 Å². The monoisotopic (exact) mass is 350 g/mol. The molecule has 24 heavy (non-hydrogen) atoms. The molecule has 0 unspecified atom stereocenters. The summed E-state index contributed by atoms with van der Waals surface area (Å²) in [4.78, 5) is 8.62. The van der Waals surface area contributed by atoms with Crippen LogP contribution in [0, 0.1) is 12.7 Å². The van der Waals surface area contributed by atoms with Crippen LogP contribution in [0.1, 0.15) is 30.4 Å². The summed E-state index contributed by atoms with van der Waals surface area (Å²) in [5.74, 6) is 0.654. The molecule has 1 N–H and O–H groups in total. The Hall–Kier alpha value is -2.06. The second kappa shape index (κ2) is 6.45. The predicted octanol–water partition coefficient (Wildman–Crippen LogP) is 2.49. The first-order valence-corrected chi connectivity index (χ1v) is 9.16. The highest BCUT2D eigenvalue weighted by Gasteiger charge is 2.37. The fourth-order valence-electron chi connectivity index (χ4n) is 2.98. The van der Waals surface area contributed by atoms with E-state index in [-0.39, 0.29) is 10.9 Å². The number of hydrogen-bond acceptors (Lipinski definition) is 5. The molecule has 1 saturated heterocycles. The molecule has 0 radical (unpaired) electrons. The van der Waals surface area contributed by atoms with Crippen LogP contribution in [0.3, 0.4) is 0 Å². The van der Waals surface area contributed by atoms with Crippen LogP contribution >= 0.6 is 0 Å². The van der Waals surface area contributed by atoms with Gasteiger partial charge in [0.1, 0.15) is 17.5 Å². The van der Waals surface area contributed by atoms with E-state index in [1.165, 1.54) is 22.5 Å². The van der Waals surface area contributed by atoms with Gasteiger partial charge in [0.15, 0.2) is 0 Å². The molecule has 1 atom stereocenters. The van der Waals surface area contributed by atoms with Gasteiger partial charge < -0.3 is 5.32 Å². The van der Waals surface area contributed by atoms with Gasteiger partial charge in [-0.15, -0.1) is 0 Å². The van der Waals surface area contributed by atoms with Crippen molar-refractivity contribution in [2.24, 2.45) is 0 Å². The molecule has 1 aromatic carbocycles. The predicted molar refractivity (Wildman–Crippen MR) is 88.6 cm³/mol. The minimum Gasteiger partial charge on any atom is -0.373 e. The van der Waals surface area contributed by atoms with Crippen LogP contribution in [0.4, 0.5) is 10.2 Å². The maximum absolute atomic E-state index is 13.4. The van der Waals surface area contributed by atoms with Crippen LogP contribution in [0.2, 0.25) is 0 Å². The molecule has 1 aromatic heterocycles. The summed E-state index contributed by atoms with van der Waals surface area (Å²) in [5, 5.41) is 2.96. The third-order valence-corrected chi connectivity index (χ3v) is 5.97. The van der Waals surface area contributed by atoms with Crippen molar-refractivity contribution in [3.05, 3.63) is 47.7 Å². The average molecular weight is 350 g/mol. The second-order valence-corrected chi connectivity index (χ2v) is 7.60. The van der Waals surface area contributed by atoms with Gasteiger partial charge in [0.05, 0.1) is 16.6 Å². The lowest BCUT2D eigenvalue weighted by Crippen LogP contribution is -2.31. The highest BCUT2D eigenvalue weighted by molar-refractivity contribution is 7.89. The van der Waals surface area contributed by atoms with Crippen molar-refractivity contribution >= 4 is 15.8 Å². The van der Waals surface area contributed by atoms with E-state index in [9.17, 15) is 12.8 Å². The van der Waals surface area contributed by atoms with E-state index in [1.807, 2.05) is 0 Å². The SMILES string of the molecule is CNc1cc([C@H]2CCCN2S(=O)(=O)c2cccc(F)c2)nc(C)n1. The normalized spacial score (nSPS) is 18.7. The first-order chi connectivity index (χ1) is 11.4. The van der Waals surface area contributed by atoms with Gasteiger partial charge in [0.25, 0.3) is 0 Å². The van der Waals surface area contributed by atoms with Gasteiger partial charge in [-0.2, -0.15) is 4.31 Å². The minimum atomic E-state index is -3.78. The Balaban J connectivity index is 2.00. The Morgan fingerprint density at radius 2 is 2.08 bits per heavy atom. The molecule has 2 heterocycles. The maximum Gasteiger partial charge on any atom is 0.243 e. The summed E-state index contributed by atoms with van der Waals surface area (Å²) >= 11 is 0. The number of sulfonamides is 1. The zero-order chi connectivity index (χ0) is 17.3. The molecule has 0 bridgehead atoms. The minimum absolute atomic E-state index is 0.0333. The van der Waals surface area contributed by atoms with Crippen LogP contribution in [0.25, 0.3) is 0 Å². The number of anilines is 1. The number of aromatic nitrogens is 2. The molecule has 3 rings (SSSR count). The zero-order valence-corrected chi connectivity index (χ0v) is 14.3. The lowest BCUT2D eigenvalue weighted by atomic mass is 10.1. The van der Waals surface area contributed by atoms with E-state index in [2.05, 4.69) is 15.3 Å². The first kappa shape index (κ1) is 16.8. The molecule has 2 aromatic rings. The number of aryl methyl sites for hydroxylation is 1. The van der Waals surface area contributed by atoms with Gasteiger partial charge in [-0.25, -0.2) is 22.8 Å². The standard InChI is InChI=1S/C16H19FN4O2S/c1-11-19-14(10-16(18-2)20-11)15-7-4-8-21(15)24(22,23)13-6-3-5-12(17)9-13/h3,5-6,9-10,15H,4,7-8H2,1-2H3,(H,18,19,20)/t15-/m1/s1. The Morgan fingerprint density at radius 1 is 1.29 bits per heavy atom. The highest BCUT2D eigenvalue weighted by atomic mass is 32.2. The third kappa shape index (κ3) is 3.11. The van der Waals surface area contributed by atoms with Crippen molar-refractivity contribution in [2.75, 3.05) is 18.9 Å². The molecule has 0 saturated carbocycles. The number of nitrogens with one attached hydrogen (secondary N) is 1. The molecule has 1 aliphatic rings. The van der Waals surface area contributed by atoms with E-state index >= 15 is 0 Å². The molecule has 128 valence electrons. The number of hydrogen-bond donors (Lipinski definition) is 1. The highest BCUT2D eigenvalue weighted by Crippen LogP contribution is 2.36. The molecule has 1 aliphatic heterocycles. The molecular weight excluding hydrogens is 331 g/mol. The van der Waals surface area contributed by atoms with Crippen LogP contribution in [-0.4, -0.2) is 36.3 Å². The number of halogens is 1. The van der Waals surface area contributed by atoms with Crippen molar-refractivity contribution in [3.63, 3.8) is 0 Å². The van der Waals surface area contributed by atoms with Crippen molar-refractivity contribution in [1.82, 2.24) is 14.3 Å². The van der Waals surface area contributed by atoms with Crippen molar-refractivity contribution in [1.29, 1.82) is 0 Å². The van der Waals surface area contributed by atoms with Gasteiger partial charge in [-0.05, 0) is 38.0 Å². The Bertz CT molecular complexity index is 857. The molecule has 0 spiro atoms. The van der Waals surface area contributed by atoms with Gasteiger partial charge in [0, 0.05) is 19.7 Å². The summed E-state index contributed by atoms with van der Waals surface area (Å²) in [6.45, 7) is 2.16. The van der Waals surface area contributed by atoms with Crippen LogP contribution in [-0.2, 0) is 10.0 Å². The Labute approximate surface area is 140 Å².